The minimum Gasteiger partial charge on any atom is -0.319 e. The molecule has 2 aromatic rings. The SMILES string of the molecule is CNCCc1cccc2nnnn12. The highest BCUT2D eigenvalue weighted by Crippen LogP contribution is 2.02. The summed E-state index contributed by atoms with van der Waals surface area (Å²) in [6.45, 7) is 0.930. The van der Waals surface area contributed by atoms with Crippen molar-refractivity contribution in [1.29, 1.82) is 0 Å². The van der Waals surface area contributed by atoms with Gasteiger partial charge < -0.3 is 5.32 Å². The fraction of sp³-hybridized carbons (Fsp3) is 0.375. The third-order valence-corrected chi connectivity index (χ3v) is 1.93. The van der Waals surface area contributed by atoms with E-state index in [1.165, 1.54) is 0 Å². The number of likely N-dealkylation sites (N-methyl/N-ethyl adjacent to an activating group) is 1. The number of aromatic nitrogens is 4. The van der Waals surface area contributed by atoms with Gasteiger partial charge in [-0.1, -0.05) is 6.07 Å². The van der Waals surface area contributed by atoms with E-state index in [4.69, 9.17) is 0 Å². The second kappa shape index (κ2) is 3.49. The summed E-state index contributed by atoms with van der Waals surface area (Å²) in [6, 6.07) is 5.89. The predicted octanol–water partition coefficient (Wildman–Crippen LogP) is -0.114. The first-order valence-electron chi connectivity index (χ1n) is 4.22. The molecule has 2 aromatic heterocycles. The van der Waals surface area contributed by atoms with Gasteiger partial charge in [-0.3, -0.25) is 0 Å². The summed E-state index contributed by atoms with van der Waals surface area (Å²) >= 11 is 0. The first-order valence-corrected chi connectivity index (χ1v) is 4.22. The van der Waals surface area contributed by atoms with E-state index >= 15 is 0 Å². The molecule has 0 amide bonds. The molecule has 0 aromatic carbocycles. The topological polar surface area (TPSA) is 55.1 Å². The van der Waals surface area contributed by atoms with Gasteiger partial charge in [0, 0.05) is 18.7 Å². The van der Waals surface area contributed by atoms with E-state index < -0.39 is 0 Å². The highest BCUT2D eigenvalue weighted by molar-refractivity contribution is 5.36. The second-order valence-electron chi connectivity index (χ2n) is 2.82. The first kappa shape index (κ1) is 8.12. The molecule has 0 aliphatic heterocycles. The average molecular weight is 177 g/mol. The lowest BCUT2D eigenvalue weighted by Gasteiger charge is -2.01. The molecule has 0 aliphatic rings. The minimum atomic E-state index is 0.800. The number of rotatable bonds is 3. The summed E-state index contributed by atoms with van der Waals surface area (Å²) in [6.07, 6.45) is 0.929. The molecule has 0 bridgehead atoms. The maximum Gasteiger partial charge on any atom is 0.179 e. The van der Waals surface area contributed by atoms with Crippen molar-refractivity contribution in [2.45, 2.75) is 6.42 Å². The maximum absolute atomic E-state index is 3.90. The average Bonchev–Trinajstić information content (AvgIpc) is 2.62. The fourth-order valence-electron chi connectivity index (χ4n) is 1.26. The van der Waals surface area contributed by atoms with Gasteiger partial charge in [-0.05, 0) is 29.6 Å². The van der Waals surface area contributed by atoms with Crippen LogP contribution in [-0.2, 0) is 6.42 Å². The Hall–Kier alpha value is -1.49. The van der Waals surface area contributed by atoms with E-state index in [9.17, 15) is 0 Å². The molecule has 0 saturated carbocycles. The van der Waals surface area contributed by atoms with Gasteiger partial charge in [0.1, 0.15) is 0 Å². The van der Waals surface area contributed by atoms with E-state index in [1.54, 1.807) is 4.52 Å². The predicted molar refractivity (Wildman–Crippen MR) is 48.4 cm³/mol. The number of tetrazole rings is 1. The molecule has 5 heteroatoms. The molecule has 68 valence electrons. The lowest BCUT2D eigenvalue weighted by atomic mass is 10.2. The number of pyridine rings is 1. The number of nitrogens with zero attached hydrogens (tertiary/aromatic N) is 4. The van der Waals surface area contributed by atoms with Crippen LogP contribution in [-0.4, -0.2) is 33.6 Å². The molecule has 0 saturated heterocycles. The molecular weight excluding hydrogens is 166 g/mol. The van der Waals surface area contributed by atoms with Gasteiger partial charge in [0.15, 0.2) is 5.65 Å². The third kappa shape index (κ3) is 1.50. The van der Waals surface area contributed by atoms with Crippen molar-refractivity contribution in [1.82, 2.24) is 25.4 Å². The Morgan fingerprint density at radius 3 is 3.23 bits per heavy atom. The van der Waals surface area contributed by atoms with E-state index in [2.05, 4.69) is 20.8 Å². The van der Waals surface area contributed by atoms with Gasteiger partial charge in [0.25, 0.3) is 0 Å². The summed E-state index contributed by atoms with van der Waals surface area (Å²) in [7, 11) is 1.93. The smallest absolute Gasteiger partial charge is 0.179 e. The maximum atomic E-state index is 3.90. The molecule has 0 radical (unpaired) electrons. The van der Waals surface area contributed by atoms with Gasteiger partial charge in [-0.25, -0.2) is 0 Å². The van der Waals surface area contributed by atoms with Crippen LogP contribution in [0.25, 0.3) is 5.65 Å². The standard InChI is InChI=1S/C8H11N5/c1-9-6-5-7-3-2-4-8-10-11-12-13(7)8/h2-4,9H,5-6H2,1H3. The molecule has 0 unspecified atom stereocenters. The summed E-state index contributed by atoms with van der Waals surface area (Å²) in [5.74, 6) is 0. The summed E-state index contributed by atoms with van der Waals surface area (Å²) < 4.78 is 1.76. The minimum absolute atomic E-state index is 0.800. The number of fused-ring (bicyclic) bond motifs is 1. The van der Waals surface area contributed by atoms with Gasteiger partial charge in [0.05, 0.1) is 0 Å². The van der Waals surface area contributed by atoms with Crippen molar-refractivity contribution >= 4 is 5.65 Å². The van der Waals surface area contributed by atoms with Crippen LogP contribution in [0.15, 0.2) is 18.2 Å². The lowest BCUT2D eigenvalue weighted by Crippen LogP contribution is -2.12. The first-order chi connectivity index (χ1) is 6.42. The van der Waals surface area contributed by atoms with Crippen LogP contribution in [0.4, 0.5) is 0 Å². The highest BCUT2D eigenvalue weighted by Gasteiger charge is 2.01. The van der Waals surface area contributed by atoms with Crippen molar-refractivity contribution < 1.29 is 0 Å². The lowest BCUT2D eigenvalue weighted by molar-refractivity contribution is 0.726. The Morgan fingerprint density at radius 1 is 1.46 bits per heavy atom. The largest absolute Gasteiger partial charge is 0.319 e. The van der Waals surface area contributed by atoms with Crippen molar-refractivity contribution in [2.75, 3.05) is 13.6 Å². The summed E-state index contributed by atoms with van der Waals surface area (Å²) in [5, 5.41) is 14.5. The molecule has 0 spiro atoms. The van der Waals surface area contributed by atoms with Crippen molar-refractivity contribution in [3.63, 3.8) is 0 Å². The summed E-state index contributed by atoms with van der Waals surface area (Å²) in [4.78, 5) is 0. The number of hydrogen-bond donors (Lipinski definition) is 1. The molecule has 0 atom stereocenters. The Bertz CT molecular complexity index is 394. The highest BCUT2D eigenvalue weighted by atomic mass is 15.5. The fourth-order valence-corrected chi connectivity index (χ4v) is 1.26. The van der Waals surface area contributed by atoms with Crippen LogP contribution in [0, 0.1) is 0 Å². The van der Waals surface area contributed by atoms with Crippen LogP contribution in [0.1, 0.15) is 5.69 Å². The van der Waals surface area contributed by atoms with Gasteiger partial charge >= 0.3 is 0 Å². The molecule has 0 fully saturated rings. The number of nitrogens with one attached hydrogen (secondary N) is 1. The molecular formula is C8H11N5. The molecule has 1 N–H and O–H groups in total. The zero-order chi connectivity index (χ0) is 9.10. The zero-order valence-electron chi connectivity index (χ0n) is 7.44. The van der Waals surface area contributed by atoms with E-state index in [0.717, 1.165) is 24.3 Å². The van der Waals surface area contributed by atoms with E-state index in [1.807, 2.05) is 25.2 Å². The number of hydrogen-bond acceptors (Lipinski definition) is 4. The van der Waals surface area contributed by atoms with Crippen molar-refractivity contribution in [2.24, 2.45) is 0 Å². The summed E-state index contributed by atoms with van der Waals surface area (Å²) in [5.41, 5.74) is 1.92. The van der Waals surface area contributed by atoms with E-state index in [0.29, 0.717) is 0 Å². The Labute approximate surface area is 75.8 Å². The van der Waals surface area contributed by atoms with Gasteiger partial charge in [0.2, 0.25) is 0 Å². The Kier molecular flexibility index (Phi) is 2.18. The molecule has 13 heavy (non-hydrogen) atoms. The van der Waals surface area contributed by atoms with Crippen molar-refractivity contribution in [3.05, 3.63) is 23.9 Å². The van der Waals surface area contributed by atoms with Gasteiger partial charge in [-0.15, -0.1) is 5.10 Å². The third-order valence-electron chi connectivity index (χ3n) is 1.93. The van der Waals surface area contributed by atoms with E-state index in [-0.39, 0.29) is 0 Å². The van der Waals surface area contributed by atoms with Crippen LogP contribution >= 0.6 is 0 Å². The van der Waals surface area contributed by atoms with Crippen LogP contribution in [0.3, 0.4) is 0 Å². The second-order valence-corrected chi connectivity index (χ2v) is 2.82. The normalized spacial score (nSPS) is 10.8. The monoisotopic (exact) mass is 177 g/mol. The van der Waals surface area contributed by atoms with Crippen LogP contribution < -0.4 is 5.32 Å². The Morgan fingerprint density at radius 2 is 2.38 bits per heavy atom. The molecule has 0 aliphatic carbocycles. The van der Waals surface area contributed by atoms with Crippen LogP contribution in [0.2, 0.25) is 0 Å². The zero-order valence-corrected chi connectivity index (χ0v) is 7.44. The van der Waals surface area contributed by atoms with Crippen molar-refractivity contribution in [3.8, 4) is 0 Å². The molecule has 2 rings (SSSR count). The Balaban J connectivity index is 2.37. The molecule has 2 heterocycles. The molecule has 5 nitrogen and oxygen atoms in total. The quantitative estimate of drug-likeness (QED) is 0.710. The van der Waals surface area contributed by atoms with Crippen LogP contribution in [0.5, 0.6) is 0 Å². The van der Waals surface area contributed by atoms with Gasteiger partial charge in [-0.2, -0.15) is 4.52 Å².